The Kier molecular flexibility index (Phi) is 5.04. The Bertz CT molecular complexity index is 515. The summed E-state index contributed by atoms with van der Waals surface area (Å²) in [6.07, 6.45) is 0. The maximum absolute atomic E-state index is 3.62. The van der Waals surface area contributed by atoms with E-state index in [4.69, 9.17) is 0 Å². The van der Waals surface area contributed by atoms with Crippen molar-refractivity contribution in [2.24, 2.45) is 0 Å². The average molecular weight is 398 g/mol. The van der Waals surface area contributed by atoms with Crippen molar-refractivity contribution in [3.63, 3.8) is 0 Å². The smallest absolute Gasteiger partial charge is 0.0876 e. The van der Waals surface area contributed by atoms with E-state index in [1.807, 2.05) is 0 Å². The van der Waals surface area contributed by atoms with Crippen LogP contribution in [0.3, 0.4) is 0 Å². The standard InChI is InChI=1S/C16H18Br2Si/c1-19(2,15-9-5-3-7-13(15)11-17)16-10-6-4-8-14(16)12-18/h3-10H,11-12H2,1-2H3. The van der Waals surface area contributed by atoms with E-state index in [1.165, 1.54) is 21.5 Å². The van der Waals surface area contributed by atoms with Gasteiger partial charge in [-0.1, -0.05) is 104 Å². The van der Waals surface area contributed by atoms with Gasteiger partial charge in [-0.3, -0.25) is 0 Å². The first-order valence-electron chi connectivity index (χ1n) is 6.40. The highest BCUT2D eigenvalue weighted by atomic mass is 79.9. The van der Waals surface area contributed by atoms with E-state index < -0.39 is 8.07 Å². The molecule has 0 fully saturated rings. The number of hydrogen-bond donors (Lipinski definition) is 0. The van der Waals surface area contributed by atoms with E-state index in [0.717, 1.165) is 10.7 Å². The normalized spacial score (nSPS) is 11.6. The summed E-state index contributed by atoms with van der Waals surface area (Å²) in [4.78, 5) is 0. The van der Waals surface area contributed by atoms with Crippen LogP contribution < -0.4 is 10.4 Å². The molecule has 0 amide bonds. The Morgan fingerprint density at radius 2 is 1.11 bits per heavy atom. The molecule has 19 heavy (non-hydrogen) atoms. The molecular formula is C16H18Br2Si. The fraction of sp³-hybridized carbons (Fsp3) is 0.250. The van der Waals surface area contributed by atoms with Crippen LogP contribution in [0.25, 0.3) is 0 Å². The highest BCUT2D eigenvalue weighted by molar-refractivity contribution is 9.08. The molecule has 0 aliphatic heterocycles. The lowest BCUT2D eigenvalue weighted by Gasteiger charge is -2.28. The molecule has 2 aromatic rings. The van der Waals surface area contributed by atoms with Gasteiger partial charge in [0.2, 0.25) is 0 Å². The molecule has 0 atom stereocenters. The first kappa shape index (κ1) is 15.0. The largest absolute Gasteiger partial charge is 0.113 e. The molecule has 100 valence electrons. The molecule has 0 N–H and O–H groups in total. The molecule has 0 saturated carbocycles. The Labute approximate surface area is 133 Å². The Morgan fingerprint density at radius 1 is 0.737 bits per heavy atom. The van der Waals surface area contributed by atoms with Crippen LogP contribution in [0.1, 0.15) is 11.1 Å². The van der Waals surface area contributed by atoms with Crippen molar-refractivity contribution < 1.29 is 0 Å². The van der Waals surface area contributed by atoms with E-state index >= 15 is 0 Å². The highest BCUT2D eigenvalue weighted by Gasteiger charge is 2.29. The van der Waals surface area contributed by atoms with Crippen molar-refractivity contribution in [2.75, 3.05) is 0 Å². The summed E-state index contributed by atoms with van der Waals surface area (Å²) in [7, 11) is -1.65. The predicted molar refractivity (Wildman–Crippen MR) is 94.9 cm³/mol. The number of alkyl halides is 2. The van der Waals surface area contributed by atoms with Crippen LogP contribution in [0.2, 0.25) is 13.1 Å². The summed E-state index contributed by atoms with van der Waals surface area (Å²) >= 11 is 7.24. The molecule has 0 bridgehead atoms. The third kappa shape index (κ3) is 3.04. The van der Waals surface area contributed by atoms with Crippen LogP contribution in [-0.2, 0) is 10.7 Å². The van der Waals surface area contributed by atoms with Crippen LogP contribution >= 0.6 is 31.9 Å². The van der Waals surface area contributed by atoms with Gasteiger partial charge in [0, 0.05) is 10.7 Å². The zero-order valence-electron chi connectivity index (χ0n) is 11.3. The van der Waals surface area contributed by atoms with E-state index in [2.05, 4.69) is 93.5 Å². The molecule has 0 aliphatic rings. The predicted octanol–water partition coefficient (Wildman–Crippen LogP) is 4.30. The number of hydrogen-bond acceptors (Lipinski definition) is 0. The summed E-state index contributed by atoms with van der Waals surface area (Å²) in [5.41, 5.74) is 2.84. The minimum absolute atomic E-state index is 0.927. The third-order valence-corrected chi connectivity index (χ3v) is 8.55. The van der Waals surface area contributed by atoms with E-state index in [9.17, 15) is 0 Å². The average Bonchev–Trinajstić information content (AvgIpc) is 2.47. The molecule has 0 spiro atoms. The van der Waals surface area contributed by atoms with Crippen LogP contribution in [0.15, 0.2) is 48.5 Å². The summed E-state index contributed by atoms with van der Waals surface area (Å²) in [5.74, 6) is 0. The molecule has 0 aromatic heterocycles. The third-order valence-electron chi connectivity index (χ3n) is 3.67. The molecule has 0 heterocycles. The van der Waals surface area contributed by atoms with Gasteiger partial charge in [0.1, 0.15) is 8.07 Å². The van der Waals surface area contributed by atoms with Gasteiger partial charge < -0.3 is 0 Å². The van der Waals surface area contributed by atoms with Crippen molar-refractivity contribution >= 4 is 50.3 Å². The molecule has 3 heteroatoms. The SMILES string of the molecule is C[Si](C)(c1ccccc1CBr)c1ccccc1CBr. The number of halogens is 2. The van der Waals surface area contributed by atoms with Crippen LogP contribution in [0.4, 0.5) is 0 Å². The Hall–Kier alpha value is -0.383. The maximum atomic E-state index is 3.62. The number of rotatable bonds is 4. The topological polar surface area (TPSA) is 0 Å². The lowest BCUT2D eigenvalue weighted by molar-refractivity contribution is 1.44. The zero-order chi connectivity index (χ0) is 13.9. The second kappa shape index (κ2) is 6.38. The first-order chi connectivity index (χ1) is 9.11. The fourth-order valence-corrected chi connectivity index (χ4v) is 7.40. The van der Waals surface area contributed by atoms with Gasteiger partial charge in [-0.25, -0.2) is 0 Å². The first-order valence-corrected chi connectivity index (χ1v) is 11.6. The van der Waals surface area contributed by atoms with Gasteiger partial charge in [0.25, 0.3) is 0 Å². The van der Waals surface area contributed by atoms with Gasteiger partial charge in [0.05, 0.1) is 0 Å². The van der Waals surface area contributed by atoms with Gasteiger partial charge in [0.15, 0.2) is 0 Å². The highest BCUT2D eigenvalue weighted by Crippen LogP contribution is 2.14. The van der Waals surface area contributed by atoms with E-state index in [0.29, 0.717) is 0 Å². The van der Waals surface area contributed by atoms with Gasteiger partial charge in [-0.2, -0.15) is 0 Å². The van der Waals surface area contributed by atoms with Crippen molar-refractivity contribution in [1.82, 2.24) is 0 Å². The molecule has 0 nitrogen and oxygen atoms in total. The second-order valence-corrected chi connectivity index (χ2v) is 10.7. The maximum Gasteiger partial charge on any atom is 0.113 e. The van der Waals surface area contributed by atoms with Gasteiger partial charge in [-0.15, -0.1) is 0 Å². The van der Waals surface area contributed by atoms with Crippen LogP contribution in [0, 0.1) is 0 Å². The minimum atomic E-state index is -1.65. The number of benzene rings is 2. The molecule has 0 radical (unpaired) electrons. The van der Waals surface area contributed by atoms with Crippen molar-refractivity contribution in [3.8, 4) is 0 Å². The van der Waals surface area contributed by atoms with E-state index in [1.54, 1.807) is 0 Å². The summed E-state index contributed by atoms with van der Waals surface area (Å²) < 4.78 is 0. The zero-order valence-corrected chi connectivity index (χ0v) is 15.5. The Balaban J connectivity index is 2.58. The van der Waals surface area contributed by atoms with Crippen molar-refractivity contribution in [1.29, 1.82) is 0 Å². The van der Waals surface area contributed by atoms with E-state index in [-0.39, 0.29) is 0 Å². The van der Waals surface area contributed by atoms with Gasteiger partial charge >= 0.3 is 0 Å². The molecule has 0 aliphatic carbocycles. The quantitative estimate of drug-likeness (QED) is 0.532. The molecule has 0 saturated heterocycles. The molecule has 0 unspecified atom stereocenters. The monoisotopic (exact) mass is 396 g/mol. The summed E-state index contributed by atoms with van der Waals surface area (Å²) in [6, 6.07) is 17.6. The molecular weight excluding hydrogens is 380 g/mol. The van der Waals surface area contributed by atoms with Crippen LogP contribution in [0.5, 0.6) is 0 Å². The second-order valence-electron chi connectivity index (χ2n) is 5.21. The minimum Gasteiger partial charge on any atom is -0.0876 e. The van der Waals surface area contributed by atoms with Gasteiger partial charge in [-0.05, 0) is 11.1 Å². The Morgan fingerprint density at radius 3 is 1.47 bits per heavy atom. The molecule has 2 rings (SSSR count). The fourth-order valence-electron chi connectivity index (χ4n) is 2.64. The molecule has 2 aromatic carbocycles. The van der Waals surface area contributed by atoms with Crippen molar-refractivity contribution in [2.45, 2.75) is 23.8 Å². The summed E-state index contributed by atoms with van der Waals surface area (Å²) in [5, 5.41) is 4.91. The van der Waals surface area contributed by atoms with Crippen LogP contribution in [-0.4, -0.2) is 8.07 Å². The lowest BCUT2D eigenvalue weighted by atomic mass is 10.2. The summed E-state index contributed by atoms with van der Waals surface area (Å²) in [6.45, 7) is 4.88. The van der Waals surface area contributed by atoms with Crippen molar-refractivity contribution in [3.05, 3.63) is 59.7 Å². The lowest BCUT2D eigenvalue weighted by Crippen LogP contribution is -2.55.